The van der Waals surface area contributed by atoms with Crippen LogP contribution in [0, 0.1) is 0 Å². The average Bonchev–Trinajstić information content (AvgIpc) is 1.84. The second-order valence-electron chi connectivity index (χ2n) is 3.00. The van der Waals surface area contributed by atoms with Gasteiger partial charge in [-0.3, -0.25) is 0 Å². The third-order valence-corrected chi connectivity index (χ3v) is 2.21. The van der Waals surface area contributed by atoms with E-state index in [1.54, 1.807) is 0 Å². The molecular weight excluding hydrogens is 162 g/mol. The highest BCUT2D eigenvalue weighted by Gasteiger charge is 2.36. The fourth-order valence-electron chi connectivity index (χ4n) is 1.57. The van der Waals surface area contributed by atoms with E-state index in [9.17, 15) is 0 Å². The van der Waals surface area contributed by atoms with Crippen LogP contribution in [0.15, 0.2) is 0 Å². The molecule has 1 rings (SSSR count). The Morgan fingerprint density at radius 1 is 1.45 bits per heavy atom. The summed E-state index contributed by atoms with van der Waals surface area (Å²) in [4.78, 5) is 0. The topological polar surface area (TPSA) is 21.3 Å². The third kappa shape index (κ3) is 2.62. The number of likely N-dealkylation sites (N-methyl/N-ethyl adjacent to an activating group) is 1. The highest BCUT2D eigenvalue weighted by Crippen LogP contribution is 2.34. The van der Waals surface area contributed by atoms with Gasteiger partial charge in [0, 0.05) is 13.2 Å². The molecule has 1 aliphatic carbocycles. The zero-order valence-corrected chi connectivity index (χ0v) is 8.17. The van der Waals surface area contributed by atoms with Crippen LogP contribution in [0.4, 0.5) is 0 Å². The van der Waals surface area contributed by atoms with Crippen LogP contribution >= 0.6 is 12.4 Å². The van der Waals surface area contributed by atoms with Crippen LogP contribution in [0.25, 0.3) is 0 Å². The van der Waals surface area contributed by atoms with Gasteiger partial charge in [0.2, 0.25) is 0 Å². The van der Waals surface area contributed by atoms with Gasteiger partial charge in [-0.2, -0.15) is 0 Å². The molecule has 0 bridgehead atoms. The number of hydrogen-bond acceptors (Lipinski definition) is 2. The van der Waals surface area contributed by atoms with Crippen molar-refractivity contribution in [1.29, 1.82) is 0 Å². The zero-order chi connectivity index (χ0) is 7.45. The minimum absolute atomic E-state index is 0. The molecule has 3 heteroatoms. The van der Waals surface area contributed by atoms with Crippen LogP contribution in [0.1, 0.15) is 26.2 Å². The molecule has 0 radical (unpaired) electrons. The van der Waals surface area contributed by atoms with Crippen LogP contribution in [-0.4, -0.2) is 25.8 Å². The van der Waals surface area contributed by atoms with Crippen LogP contribution in [0.5, 0.6) is 0 Å². The molecular formula is C8H18ClNO. The fourth-order valence-corrected chi connectivity index (χ4v) is 1.57. The second-order valence-corrected chi connectivity index (χ2v) is 3.00. The first kappa shape index (κ1) is 11.2. The summed E-state index contributed by atoms with van der Waals surface area (Å²) in [6.07, 6.45) is 3.81. The van der Waals surface area contributed by atoms with Crippen molar-refractivity contribution in [2.45, 2.75) is 31.8 Å². The maximum Gasteiger partial charge on any atom is 0.0806 e. The molecule has 11 heavy (non-hydrogen) atoms. The van der Waals surface area contributed by atoms with Crippen molar-refractivity contribution < 1.29 is 4.74 Å². The number of halogens is 1. The Kier molecular flexibility index (Phi) is 5.06. The predicted octanol–water partition coefficient (Wildman–Crippen LogP) is 1.59. The largest absolute Gasteiger partial charge is 0.374 e. The monoisotopic (exact) mass is 179 g/mol. The molecule has 0 aromatic carbocycles. The average molecular weight is 180 g/mol. The molecule has 2 nitrogen and oxygen atoms in total. The molecule has 0 atom stereocenters. The van der Waals surface area contributed by atoms with E-state index in [1.165, 1.54) is 19.3 Å². The van der Waals surface area contributed by atoms with E-state index in [1.807, 2.05) is 7.05 Å². The lowest BCUT2D eigenvalue weighted by molar-refractivity contribution is -0.0912. The van der Waals surface area contributed by atoms with Gasteiger partial charge in [0.05, 0.1) is 5.60 Å². The van der Waals surface area contributed by atoms with Crippen molar-refractivity contribution in [3.63, 3.8) is 0 Å². The van der Waals surface area contributed by atoms with E-state index in [0.717, 1.165) is 13.2 Å². The quantitative estimate of drug-likeness (QED) is 0.708. The van der Waals surface area contributed by atoms with Gasteiger partial charge in [0.25, 0.3) is 0 Å². The van der Waals surface area contributed by atoms with Crippen molar-refractivity contribution >= 4 is 12.4 Å². The maximum atomic E-state index is 5.64. The molecule has 0 amide bonds. The highest BCUT2D eigenvalue weighted by atomic mass is 35.5. The fraction of sp³-hybridized carbons (Fsp3) is 1.00. The Morgan fingerprint density at radius 2 is 2.09 bits per heavy atom. The summed E-state index contributed by atoms with van der Waals surface area (Å²) in [7, 11) is 1.99. The Morgan fingerprint density at radius 3 is 2.36 bits per heavy atom. The lowest BCUT2D eigenvalue weighted by Gasteiger charge is -2.41. The van der Waals surface area contributed by atoms with Crippen molar-refractivity contribution in [1.82, 2.24) is 5.32 Å². The Bertz CT molecular complexity index is 96.3. The molecule has 1 fully saturated rings. The smallest absolute Gasteiger partial charge is 0.0806 e. The molecule has 0 spiro atoms. The van der Waals surface area contributed by atoms with Crippen molar-refractivity contribution in [2.24, 2.45) is 0 Å². The van der Waals surface area contributed by atoms with Gasteiger partial charge in [0.15, 0.2) is 0 Å². The summed E-state index contributed by atoms with van der Waals surface area (Å²) in [5.74, 6) is 0. The molecule has 1 aliphatic rings. The van der Waals surface area contributed by atoms with E-state index in [-0.39, 0.29) is 18.0 Å². The van der Waals surface area contributed by atoms with Crippen LogP contribution < -0.4 is 5.32 Å². The van der Waals surface area contributed by atoms with Crippen molar-refractivity contribution in [3.8, 4) is 0 Å². The summed E-state index contributed by atoms with van der Waals surface area (Å²) < 4.78 is 5.64. The summed E-state index contributed by atoms with van der Waals surface area (Å²) >= 11 is 0. The van der Waals surface area contributed by atoms with Crippen molar-refractivity contribution in [2.75, 3.05) is 20.2 Å². The standard InChI is InChI=1S/C8H17NO.ClH/c1-3-10-8(7-9-2)5-4-6-8;/h9H,3-7H2,1-2H3;1H. The molecule has 0 heterocycles. The second kappa shape index (κ2) is 4.96. The molecule has 0 aliphatic heterocycles. The first-order chi connectivity index (χ1) is 4.83. The number of nitrogens with one attached hydrogen (secondary N) is 1. The summed E-state index contributed by atoms with van der Waals surface area (Å²) in [6, 6.07) is 0. The van der Waals surface area contributed by atoms with E-state index >= 15 is 0 Å². The van der Waals surface area contributed by atoms with Gasteiger partial charge < -0.3 is 10.1 Å². The first-order valence-corrected chi connectivity index (χ1v) is 4.11. The van der Waals surface area contributed by atoms with Gasteiger partial charge in [-0.25, -0.2) is 0 Å². The van der Waals surface area contributed by atoms with E-state index in [2.05, 4.69) is 12.2 Å². The molecule has 0 aromatic rings. The predicted molar refractivity (Wildman–Crippen MR) is 49.4 cm³/mol. The lowest BCUT2D eigenvalue weighted by Crippen LogP contribution is -2.47. The van der Waals surface area contributed by atoms with Crippen LogP contribution in [-0.2, 0) is 4.74 Å². The number of hydrogen-bond donors (Lipinski definition) is 1. The summed E-state index contributed by atoms with van der Waals surface area (Å²) in [5.41, 5.74) is 0.212. The minimum Gasteiger partial charge on any atom is -0.374 e. The van der Waals surface area contributed by atoms with E-state index in [0.29, 0.717) is 0 Å². The van der Waals surface area contributed by atoms with E-state index in [4.69, 9.17) is 4.74 Å². The Labute approximate surface area is 75.1 Å². The summed E-state index contributed by atoms with van der Waals surface area (Å²) in [5, 5.41) is 3.17. The lowest BCUT2D eigenvalue weighted by atomic mass is 9.80. The minimum atomic E-state index is 0. The Balaban J connectivity index is 0.000001000. The van der Waals surface area contributed by atoms with Gasteiger partial charge in [-0.05, 0) is 33.2 Å². The first-order valence-electron chi connectivity index (χ1n) is 4.11. The maximum absolute atomic E-state index is 5.64. The molecule has 1 saturated carbocycles. The molecule has 68 valence electrons. The summed E-state index contributed by atoms with van der Waals surface area (Å²) in [6.45, 7) is 3.93. The van der Waals surface area contributed by atoms with Crippen LogP contribution in [0.2, 0.25) is 0 Å². The SMILES string of the molecule is CCOC1(CNC)CCC1.Cl. The molecule has 1 N–H and O–H groups in total. The van der Waals surface area contributed by atoms with Crippen molar-refractivity contribution in [3.05, 3.63) is 0 Å². The molecule has 0 unspecified atom stereocenters. The van der Waals surface area contributed by atoms with Crippen LogP contribution in [0.3, 0.4) is 0 Å². The molecule has 0 aromatic heterocycles. The van der Waals surface area contributed by atoms with Gasteiger partial charge in [-0.1, -0.05) is 0 Å². The molecule has 0 saturated heterocycles. The van der Waals surface area contributed by atoms with Gasteiger partial charge in [-0.15, -0.1) is 12.4 Å². The zero-order valence-electron chi connectivity index (χ0n) is 7.35. The number of ether oxygens (including phenoxy) is 1. The van der Waals surface area contributed by atoms with Gasteiger partial charge >= 0.3 is 0 Å². The third-order valence-electron chi connectivity index (χ3n) is 2.21. The normalized spacial score (nSPS) is 20.2. The number of rotatable bonds is 4. The van der Waals surface area contributed by atoms with Gasteiger partial charge in [0.1, 0.15) is 0 Å². The highest BCUT2D eigenvalue weighted by molar-refractivity contribution is 5.85. The van der Waals surface area contributed by atoms with E-state index < -0.39 is 0 Å². The Hall–Kier alpha value is 0.210.